The van der Waals surface area contributed by atoms with Gasteiger partial charge in [-0.05, 0) is 31.7 Å². The second kappa shape index (κ2) is 6.05. The van der Waals surface area contributed by atoms with Crippen molar-refractivity contribution in [2.45, 2.75) is 44.4 Å². The molecule has 0 bridgehead atoms. The molecule has 3 saturated heterocycles. The average molecular weight is 304 g/mol. The molecule has 3 aliphatic rings. The lowest BCUT2D eigenvalue weighted by Crippen LogP contribution is -2.52. The number of carbonyl (C=O) groups excluding carboxylic acids is 1. The Labute approximate surface area is 131 Å². The predicted molar refractivity (Wildman–Crippen MR) is 81.2 cm³/mol. The Kier molecular flexibility index (Phi) is 3.92. The maximum Gasteiger partial charge on any atom is 0.227 e. The van der Waals surface area contributed by atoms with Gasteiger partial charge in [0.05, 0.1) is 24.5 Å². The quantitative estimate of drug-likeness (QED) is 0.855. The lowest BCUT2D eigenvalue weighted by molar-refractivity contribution is -0.139. The molecule has 3 aliphatic heterocycles. The van der Waals surface area contributed by atoms with Crippen LogP contribution in [0.5, 0.6) is 0 Å². The first-order valence-corrected chi connectivity index (χ1v) is 8.47. The van der Waals surface area contributed by atoms with Gasteiger partial charge in [0.2, 0.25) is 5.91 Å². The fourth-order valence-electron chi connectivity index (χ4n) is 4.23. The molecule has 22 heavy (non-hydrogen) atoms. The molecular weight excluding hydrogens is 280 g/mol. The van der Waals surface area contributed by atoms with E-state index >= 15 is 0 Å². The number of nitrogens with zero attached hydrogens (tertiary/aromatic N) is 2. The Morgan fingerprint density at radius 2 is 2.18 bits per heavy atom. The lowest BCUT2D eigenvalue weighted by atomic mass is 9.89. The highest BCUT2D eigenvalue weighted by Crippen LogP contribution is 2.33. The van der Waals surface area contributed by atoms with Crippen LogP contribution in [0.2, 0.25) is 0 Å². The highest BCUT2D eigenvalue weighted by molar-refractivity contribution is 5.79. The topological polar surface area (TPSA) is 45.9 Å². The summed E-state index contributed by atoms with van der Waals surface area (Å²) in [4.78, 5) is 17.2. The first-order valence-electron chi connectivity index (χ1n) is 8.47. The standard InChI is InChI=1S/C17H24N2O3/c20-17(18-5-1-2-6-18)14-9-16-15(4-8-22-16)19(11-14)10-13-3-7-21-12-13/h3,7,12,14-16H,1-2,4-6,8-11H2/t14-,15+,16+/m1/s1. The molecule has 0 aromatic carbocycles. The van der Waals surface area contributed by atoms with Gasteiger partial charge in [-0.1, -0.05) is 0 Å². The molecular formula is C17H24N2O3. The second-order valence-electron chi connectivity index (χ2n) is 6.79. The van der Waals surface area contributed by atoms with E-state index in [1.807, 2.05) is 6.07 Å². The molecule has 4 rings (SSSR count). The molecule has 5 nitrogen and oxygen atoms in total. The highest BCUT2D eigenvalue weighted by Gasteiger charge is 2.43. The maximum atomic E-state index is 12.8. The molecule has 0 unspecified atom stereocenters. The number of ether oxygens (including phenoxy) is 1. The minimum absolute atomic E-state index is 0.0874. The monoisotopic (exact) mass is 304 g/mol. The van der Waals surface area contributed by atoms with Crippen molar-refractivity contribution in [1.82, 2.24) is 9.80 Å². The first-order chi connectivity index (χ1) is 10.8. The molecule has 0 spiro atoms. The summed E-state index contributed by atoms with van der Waals surface area (Å²) < 4.78 is 11.1. The van der Waals surface area contributed by atoms with Gasteiger partial charge in [0.25, 0.3) is 0 Å². The third kappa shape index (κ3) is 2.68. The number of piperidine rings is 1. The van der Waals surface area contributed by atoms with Crippen LogP contribution in [-0.4, -0.2) is 54.1 Å². The van der Waals surface area contributed by atoms with Gasteiger partial charge in [-0.15, -0.1) is 0 Å². The van der Waals surface area contributed by atoms with Crippen LogP contribution in [0.3, 0.4) is 0 Å². The van der Waals surface area contributed by atoms with Gasteiger partial charge < -0.3 is 14.1 Å². The van der Waals surface area contributed by atoms with E-state index in [0.29, 0.717) is 11.9 Å². The summed E-state index contributed by atoms with van der Waals surface area (Å²) >= 11 is 0. The van der Waals surface area contributed by atoms with E-state index in [1.165, 1.54) is 5.56 Å². The normalized spacial score (nSPS) is 32.4. The van der Waals surface area contributed by atoms with E-state index in [-0.39, 0.29) is 12.0 Å². The summed E-state index contributed by atoms with van der Waals surface area (Å²) in [6.07, 6.45) is 8.01. The lowest BCUT2D eigenvalue weighted by Gasteiger charge is -2.41. The number of fused-ring (bicyclic) bond motifs is 1. The van der Waals surface area contributed by atoms with Crippen LogP contribution in [0.25, 0.3) is 0 Å². The first kappa shape index (κ1) is 14.3. The van der Waals surface area contributed by atoms with Crippen LogP contribution < -0.4 is 0 Å². The van der Waals surface area contributed by atoms with Crippen molar-refractivity contribution in [3.63, 3.8) is 0 Å². The molecule has 5 heteroatoms. The van der Waals surface area contributed by atoms with Crippen molar-refractivity contribution < 1.29 is 13.9 Å². The summed E-state index contributed by atoms with van der Waals surface area (Å²) in [5.41, 5.74) is 1.18. The van der Waals surface area contributed by atoms with E-state index in [1.54, 1.807) is 12.5 Å². The smallest absolute Gasteiger partial charge is 0.227 e. The van der Waals surface area contributed by atoms with Crippen LogP contribution >= 0.6 is 0 Å². The predicted octanol–water partition coefficient (Wildman–Crippen LogP) is 1.88. The Morgan fingerprint density at radius 1 is 1.32 bits per heavy atom. The Bertz CT molecular complexity index is 510. The molecule has 0 saturated carbocycles. The van der Waals surface area contributed by atoms with Crippen molar-refractivity contribution >= 4 is 5.91 Å². The molecule has 120 valence electrons. The summed E-state index contributed by atoms with van der Waals surface area (Å²) in [5, 5.41) is 0. The van der Waals surface area contributed by atoms with E-state index in [9.17, 15) is 4.79 Å². The van der Waals surface area contributed by atoms with E-state index < -0.39 is 0 Å². The largest absolute Gasteiger partial charge is 0.472 e. The van der Waals surface area contributed by atoms with Crippen LogP contribution in [0.1, 0.15) is 31.2 Å². The summed E-state index contributed by atoms with van der Waals surface area (Å²) in [7, 11) is 0. The van der Waals surface area contributed by atoms with Gasteiger partial charge in [-0.3, -0.25) is 9.69 Å². The Morgan fingerprint density at radius 3 is 2.95 bits per heavy atom. The fraction of sp³-hybridized carbons (Fsp3) is 0.706. The zero-order valence-electron chi connectivity index (χ0n) is 12.9. The van der Waals surface area contributed by atoms with Gasteiger partial charge in [0.15, 0.2) is 0 Å². The third-order valence-electron chi connectivity index (χ3n) is 5.35. The highest BCUT2D eigenvalue weighted by atomic mass is 16.5. The molecule has 1 aromatic rings. The maximum absolute atomic E-state index is 12.8. The van der Waals surface area contributed by atoms with Gasteiger partial charge in [-0.25, -0.2) is 0 Å². The third-order valence-corrected chi connectivity index (χ3v) is 5.35. The van der Waals surface area contributed by atoms with E-state index in [2.05, 4.69) is 9.80 Å². The van der Waals surface area contributed by atoms with Gasteiger partial charge in [0, 0.05) is 44.4 Å². The number of likely N-dealkylation sites (tertiary alicyclic amines) is 2. The SMILES string of the molecule is O=C([C@@H]1C[C@@H]2OCC[C@@H]2N(Cc2ccoc2)C1)N1CCCC1. The minimum atomic E-state index is 0.0874. The Balaban J connectivity index is 1.48. The van der Waals surface area contributed by atoms with Crippen molar-refractivity contribution in [2.75, 3.05) is 26.2 Å². The second-order valence-corrected chi connectivity index (χ2v) is 6.79. The molecule has 4 heterocycles. The number of amides is 1. The van der Waals surface area contributed by atoms with Crippen LogP contribution in [-0.2, 0) is 16.1 Å². The van der Waals surface area contributed by atoms with Crippen molar-refractivity contribution in [2.24, 2.45) is 5.92 Å². The van der Waals surface area contributed by atoms with Gasteiger partial charge >= 0.3 is 0 Å². The molecule has 0 radical (unpaired) electrons. The van der Waals surface area contributed by atoms with Crippen LogP contribution in [0.15, 0.2) is 23.0 Å². The van der Waals surface area contributed by atoms with Crippen molar-refractivity contribution in [1.29, 1.82) is 0 Å². The minimum Gasteiger partial charge on any atom is -0.472 e. The molecule has 0 N–H and O–H groups in total. The zero-order valence-corrected chi connectivity index (χ0v) is 12.9. The summed E-state index contributed by atoms with van der Waals surface area (Å²) in [6, 6.07) is 2.47. The number of furan rings is 1. The molecule has 1 amide bonds. The number of hydrogen-bond acceptors (Lipinski definition) is 4. The van der Waals surface area contributed by atoms with Crippen molar-refractivity contribution in [3.8, 4) is 0 Å². The summed E-state index contributed by atoms with van der Waals surface area (Å²) in [6.45, 7) is 4.40. The molecule has 3 atom stereocenters. The fourth-order valence-corrected chi connectivity index (χ4v) is 4.23. The molecule has 1 aromatic heterocycles. The van der Waals surface area contributed by atoms with E-state index in [4.69, 9.17) is 9.15 Å². The van der Waals surface area contributed by atoms with E-state index in [0.717, 1.165) is 58.5 Å². The average Bonchev–Trinajstić information content (AvgIpc) is 3.27. The van der Waals surface area contributed by atoms with Crippen LogP contribution in [0.4, 0.5) is 0 Å². The molecule has 3 fully saturated rings. The molecule has 0 aliphatic carbocycles. The zero-order chi connectivity index (χ0) is 14.9. The number of rotatable bonds is 3. The van der Waals surface area contributed by atoms with Crippen molar-refractivity contribution in [3.05, 3.63) is 24.2 Å². The Hall–Kier alpha value is -1.33. The number of hydrogen-bond donors (Lipinski definition) is 0. The van der Waals surface area contributed by atoms with Gasteiger partial charge in [0.1, 0.15) is 0 Å². The van der Waals surface area contributed by atoms with Crippen LogP contribution in [0, 0.1) is 5.92 Å². The van der Waals surface area contributed by atoms with Gasteiger partial charge in [-0.2, -0.15) is 0 Å². The summed E-state index contributed by atoms with van der Waals surface area (Å²) in [5.74, 6) is 0.424. The number of carbonyl (C=O) groups is 1.